The van der Waals surface area contributed by atoms with Gasteiger partial charge in [0.15, 0.2) is 0 Å². The molecule has 0 N–H and O–H groups in total. The third-order valence-electron chi connectivity index (χ3n) is 3.53. The van der Waals surface area contributed by atoms with E-state index in [0.717, 1.165) is 16.4 Å². The maximum atomic E-state index is 13.3. The number of amides is 1. The van der Waals surface area contributed by atoms with Gasteiger partial charge in [0, 0.05) is 23.8 Å². The van der Waals surface area contributed by atoms with Crippen LogP contribution in [-0.4, -0.2) is 50.3 Å². The van der Waals surface area contributed by atoms with Crippen molar-refractivity contribution in [3.8, 4) is 0 Å². The Morgan fingerprint density at radius 2 is 2.10 bits per heavy atom. The monoisotopic (exact) mass is 407 g/mol. The molecule has 2 rings (SSSR count). The second kappa shape index (κ2) is 8.05. The first-order valence-electron chi connectivity index (χ1n) is 6.96. The van der Waals surface area contributed by atoms with E-state index in [1.165, 1.54) is 12.1 Å². The highest BCUT2D eigenvalue weighted by Gasteiger charge is 2.25. The largest absolute Gasteiger partial charge is 0.382 e. The lowest BCUT2D eigenvalue weighted by Crippen LogP contribution is -2.41. The Bertz CT molecular complexity index is 490. The first-order valence-corrected chi connectivity index (χ1v) is 8.04. The molecule has 0 saturated carbocycles. The minimum absolute atomic E-state index is 0.103. The molecule has 4 nitrogen and oxygen atoms in total. The van der Waals surface area contributed by atoms with Gasteiger partial charge in [-0.1, -0.05) is 0 Å². The second-order valence-corrected chi connectivity index (χ2v) is 6.14. The third kappa shape index (κ3) is 4.62. The average Bonchev–Trinajstić information content (AvgIpc) is 2.50. The van der Waals surface area contributed by atoms with E-state index in [4.69, 9.17) is 9.47 Å². The molecule has 0 aliphatic carbocycles. The molecule has 0 radical (unpaired) electrons. The summed E-state index contributed by atoms with van der Waals surface area (Å²) in [6, 6.07) is 4.31. The number of rotatable bonds is 5. The molecule has 116 valence electrons. The number of hydrogen-bond acceptors (Lipinski definition) is 3. The summed E-state index contributed by atoms with van der Waals surface area (Å²) in [4.78, 5) is 14.2. The van der Waals surface area contributed by atoms with Crippen molar-refractivity contribution in [3.63, 3.8) is 0 Å². The summed E-state index contributed by atoms with van der Waals surface area (Å²) >= 11 is 2.06. The Balaban J connectivity index is 1.89. The van der Waals surface area contributed by atoms with Gasteiger partial charge in [-0.25, -0.2) is 4.39 Å². The summed E-state index contributed by atoms with van der Waals surface area (Å²) in [5.41, 5.74) is 0.439. The van der Waals surface area contributed by atoms with Crippen LogP contribution in [0.1, 0.15) is 23.2 Å². The van der Waals surface area contributed by atoms with E-state index in [1.54, 1.807) is 18.1 Å². The first-order chi connectivity index (χ1) is 10.1. The summed E-state index contributed by atoms with van der Waals surface area (Å²) < 4.78 is 24.7. The zero-order valence-electron chi connectivity index (χ0n) is 12.0. The Labute approximate surface area is 137 Å². The number of hydrogen-bond donors (Lipinski definition) is 0. The Morgan fingerprint density at radius 1 is 1.38 bits per heavy atom. The molecule has 0 spiro atoms. The molecule has 0 aromatic heterocycles. The third-order valence-corrected chi connectivity index (χ3v) is 4.47. The normalized spacial score (nSPS) is 16.2. The SMILES string of the molecule is COCCOC1CCN(C(=O)c2cc(F)ccc2I)CC1. The van der Waals surface area contributed by atoms with Gasteiger partial charge in [-0.2, -0.15) is 0 Å². The predicted molar refractivity (Wildman–Crippen MR) is 85.9 cm³/mol. The quantitative estimate of drug-likeness (QED) is 0.557. The van der Waals surface area contributed by atoms with E-state index < -0.39 is 0 Å². The van der Waals surface area contributed by atoms with Gasteiger partial charge in [0.1, 0.15) is 5.82 Å². The van der Waals surface area contributed by atoms with Crippen molar-refractivity contribution in [1.82, 2.24) is 4.90 Å². The van der Waals surface area contributed by atoms with Crippen LogP contribution < -0.4 is 0 Å². The van der Waals surface area contributed by atoms with Gasteiger partial charge < -0.3 is 14.4 Å². The maximum absolute atomic E-state index is 13.3. The van der Waals surface area contributed by atoms with Crippen LogP contribution in [0.4, 0.5) is 4.39 Å². The molecule has 1 aliphatic rings. The van der Waals surface area contributed by atoms with Gasteiger partial charge in [-0.15, -0.1) is 0 Å². The number of carbonyl (C=O) groups is 1. The number of ether oxygens (including phenoxy) is 2. The molecule has 0 unspecified atom stereocenters. The molecule has 1 aliphatic heterocycles. The van der Waals surface area contributed by atoms with E-state index in [0.29, 0.717) is 31.9 Å². The van der Waals surface area contributed by atoms with Crippen LogP contribution in [0.3, 0.4) is 0 Å². The van der Waals surface area contributed by atoms with Crippen molar-refractivity contribution in [1.29, 1.82) is 0 Å². The average molecular weight is 407 g/mol. The van der Waals surface area contributed by atoms with E-state index >= 15 is 0 Å². The van der Waals surface area contributed by atoms with Gasteiger partial charge in [0.2, 0.25) is 0 Å². The van der Waals surface area contributed by atoms with E-state index in [1.807, 2.05) is 0 Å². The molecule has 6 heteroatoms. The van der Waals surface area contributed by atoms with Crippen molar-refractivity contribution >= 4 is 28.5 Å². The first kappa shape index (κ1) is 16.6. The van der Waals surface area contributed by atoms with Crippen LogP contribution in [0.15, 0.2) is 18.2 Å². The molecule has 21 heavy (non-hydrogen) atoms. The summed E-state index contributed by atoms with van der Waals surface area (Å²) in [6.45, 7) is 2.45. The summed E-state index contributed by atoms with van der Waals surface area (Å²) in [7, 11) is 1.64. The molecular formula is C15H19FINO3. The van der Waals surface area contributed by atoms with Crippen molar-refractivity contribution in [2.24, 2.45) is 0 Å². The van der Waals surface area contributed by atoms with E-state index in [9.17, 15) is 9.18 Å². The second-order valence-electron chi connectivity index (χ2n) is 4.98. The van der Waals surface area contributed by atoms with Gasteiger partial charge in [0.05, 0.1) is 24.9 Å². The highest BCUT2D eigenvalue weighted by atomic mass is 127. The number of carbonyl (C=O) groups excluding carboxylic acids is 1. The van der Waals surface area contributed by atoms with Gasteiger partial charge in [-0.3, -0.25) is 4.79 Å². The fraction of sp³-hybridized carbons (Fsp3) is 0.533. The van der Waals surface area contributed by atoms with E-state index in [-0.39, 0.29) is 17.8 Å². The number of piperidine rings is 1. The van der Waals surface area contributed by atoms with Crippen LogP contribution in [-0.2, 0) is 9.47 Å². The van der Waals surface area contributed by atoms with Crippen LogP contribution in [0.5, 0.6) is 0 Å². The minimum Gasteiger partial charge on any atom is -0.382 e. The molecule has 1 heterocycles. The number of benzene rings is 1. The topological polar surface area (TPSA) is 38.8 Å². The van der Waals surface area contributed by atoms with E-state index in [2.05, 4.69) is 22.6 Å². The molecule has 1 aromatic rings. The molecule has 0 atom stereocenters. The van der Waals surface area contributed by atoms with Crippen molar-refractivity contribution in [2.45, 2.75) is 18.9 Å². The molecule has 1 saturated heterocycles. The Hall–Kier alpha value is -0.730. The van der Waals surface area contributed by atoms with Gasteiger partial charge >= 0.3 is 0 Å². The summed E-state index contributed by atoms with van der Waals surface area (Å²) in [5.74, 6) is -0.481. The lowest BCUT2D eigenvalue weighted by Gasteiger charge is -2.32. The fourth-order valence-corrected chi connectivity index (χ4v) is 2.92. The molecular weight excluding hydrogens is 388 g/mol. The lowest BCUT2D eigenvalue weighted by molar-refractivity contribution is -0.0123. The fourth-order valence-electron chi connectivity index (χ4n) is 2.36. The zero-order valence-corrected chi connectivity index (χ0v) is 14.1. The van der Waals surface area contributed by atoms with Crippen molar-refractivity contribution in [2.75, 3.05) is 33.4 Å². The number of halogens is 2. The molecule has 1 aromatic carbocycles. The Kier molecular flexibility index (Phi) is 6.38. The zero-order chi connectivity index (χ0) is 15.2. The van der Waals surface area contributed by atoms with Crippen LogP contribution in [0, 0.1) is 9.39 Å². The molecule has 0 bridgehead atoms. The number of methoxy groups -OCH3 is 1. The highest BCUT2D eigenvalue weighted by Crippen LogP contribution is 2.20. The van der Waals surface area contributed by atoms with Crippen LogP contribution in [0.2, 0.25) is 0 Å². The van der Waals surface area contributed by atoms with Crippen molar-refractivity contribution < 1.29 is 18.7 Å². The summed E-state index contributed by atoms with van der Waals surface area (Å²) in [5, 5.41) is 0. The lowest BCUT2D eigenvalue weighted by atomic mass is 10.1. The van der Waals surface area contributed by atoms with Crippen LogP contribution in [0.25, 0.3) is 0 Å². The standard InChI is InChI=1S/C15H19FINO3/c1-20-8-9-21-12-4-6-18(7-5-12)15(19)13-10-11(16)2-3-14(13)17/h2-3,10,12H,4-9H2,1H3. The minimum atomic E-state index is -0.378. The van der Waals surface area contributed by atoms with Gasteiger partial charge in [0.25, 0.3) is 5.91 Å². The summed E-state index contributed by atoms with van der Waals surface area (Å²) in [6.07, 6.45) is 1.79. The highest BCUT2D eigenvalue weighted by molar-refractivity contribution is 14.1. The molecule has 1 amide bonds. The smallest absolute Gasteiger partial charge is 0.255 e. The van der Waals surface area contributed by atoms with Crippen molar-refractivity contribution in [3.05, 3.63) is 33.1 Å². The predicted octanol–water partition coefficient (Wildman–Crippen LogP) is 2.70. The number of likely N-dealkylation sites (tertiary alicyclic amines) is 1. The Morgan fingerprint density at radius 3 is 2.76 bits per heavy atom. The van der Waals surface area contributed by atoms with Gasteiger partial charge in [-0.05, 0) is 53.6 Å². The molecule has 1 fully saturated rings. The maximum Gasteiger partial charge on any atom is 0.255 e. The number of nitrogens with zero attached hydrogens (tertiary/aromatic N) is 1. The van der Waals surface area contributed by atoms with Crippen LogP contribution >= 0.6 is 22.6 Å².